The van der Waals surface area contributed by atoms with Gasteiger partial charge in [-0.3, -0.25) is 24.5 Å². The van der Waals surface area contributed by atoms with E-state index in [0.29, 0.717) is 24.8 Å². The summed E-state index contributed by atoms with van der Waals surface area (Å²) in [6.07, 6.45) is 5.03. The van der Waals surface area contributed by atoms with Crippen molar-refractivity contribution in [3.63, 3.8) is 0 Å². The van der Waals surface area contributed by atoms with Crippen LogP contribution >= 0.6 is 0 Å². The van der Waals surface area contributed by atoms with Gasteiger partial charge in [0, 0.05) is 49.0 Å². The monoisotopic (exact) mass is 436 g/mol. The van der Waals surface area contributed by atoms with Gasteiger partial charge in [-0.05, 0) is 49.8 Å². The number of nitrogens with two attached hydrogens (primary N) is 1. The third-order valence-electron chi connectivity index (χ3n) is 6.42. The number of hydrogen-bond donors (Lipinski definition) is 3. The fourth-order valence-electron chi connectivity index (χ4n) is 4.60. The molecule has 4 rings (SSSR count). The Morgan fingerprint density at radius 2 is 1.94 bits per heavy atom. The highest BCUT2D eigenvalue weighted by Crippen LogP contribution is 2.29. The molecule has 8 nitrogen and oxygen atoms in total. The van der Waals surface area contributed by atoms with Crippen LogP contribution in [0, 0.1) is 11.8 Å². The SMILES string of the molecule is N[C@H]1CC[C@H](NC(=O)CCC#Cc2cccc3c2CN(C2CCC(=O)NC2=O)C3=O)CC1. The average Bonchev–Trinajstić information content (AvgIpc) is 3.10. The first-order valence-corrected chi connectivity index (χ1v) is 11.2. The molecule has 0 spiro atoms. The van der Waals surface area contributed by atoms with Crippen molar-refractivity contribution in [1.29, 1.82) is 0 Å². The molecule has 1 atom stereocenters. The van der Waals surface area contributed by atoms with Crippen LogP contribution in [-0.2, 0) is 20.9 Å². The predicted octanol–water partition coefficient (Wildman–Crippen LogP) is 0.965. The van der Waals surface area contributed by atoms with Gasteiger partial charge in [0.05, 0.1) is 0 Å². The van der Waals surface area contributed by atoms with E-state index in [9.17, 15) is 19.2 Å². The highest BCUT2D eigenvalue weighted by Gasteiger charge is 2.39. The minimum absolute atomic E-state index is 0.00253. The smallest absolute Gasteiger partial charge is 0.255 e. The highest BCUT2D eigenvalue weighted by atomic mass is 16.2. The Bertz CT molecular complexity index is 1000. The van der Waals surface area contributed by atoms with Crippen LogP contribution in [0.5, 0.6) is 0 Å². The summed E-state index contributed by atoms with van der Waals surface area (Å²) in [6, 6.07) is 5.16. The molecule has 1 aliphatic carbocycles. The number of nitrogens with one attached hydrogen (secondary N) is 2. The summed E-state index contributed by atoms with van der Waals surface area (Å²) in [7, 11) is 0. The minimum Gasteiger partial charge on any atom is -0.353 e. The lowest BCUT2D eigenvalue weighted by molar-refractivity contribution is -0.137. The van der Waals surface area contributed by atoms with Gasteiger partial charge in [0.15, 0.2) is 0 Å². The molecule has 168 valence electrons. The van der Waals surface area contributed by atoms with Gasteiger partial charge in [-0.15, -0.1) is 0 Å². The molecule has 1 unspecified atom stereocenters. The Kier molecular flexibility index (Phi) is 6.56. The van der Waals surface area contributed by atoms with E-state index < -0.39 is 11.9 Å². The van der Waals surface area contributed by atoms with Crippen LogP contribution in [0.15, 0.2) is 18.2 Å². The number of benzene rings is 1. The second kappa shape index (κ2) is 9.53. The van der Waals surface area contributed by atoms with Crippen molar-refractivity contribution < 1.29 is 19.2 Å². The number of carbonyl (C=O) groups is 4. The van der Waals surface area contributed by atoms with Gasteiger partial charge in [0.2, 0.25) is 17.7 Å². The van der Waals surface area contributed by atoms with E-state index >= 15 is 0 Å². The topological polar surface area (TPSA) is 122 Å². The molecule has 4 N–H and O–H groups in total. The molecule has 2 aliphatic heterocycles. The maximum atomic E-state index is 12.9. The maximum Gasteiger partial charge on any atom is 0.255 e. The van der Waals surface area contributed by atoms with Crippen molar-refractivity contribution in [2.24, 2.45) is 5.73 Å². The molecule has 2 fully saturated rings. The molecule has 2 heterocycles. The lowest BCUT2D eigenvalue weighted by Gasteiger charge is -2.29. The molecule has 4 amide bonds. The molecule has 1 saturated carbocycles. The summed E-state index contributed by atoms with van der Waals surface area (Å²) >= 11 is 0. The molecule has 0 bridgehead atoms. The number of fused-ring (bicyclic) bond motifs is 1. The van der Waals surface area contributed by atoms with E-state index in [1.807, 2.05) is 6.07 Å². The van der Waals surface area contributed by atoms with Crippen LogP contribution in [0.2, 0.25) is 0 Å². The third kappa shape index (κ3) is 4.83. The Balaban J connectivity index is 1.35. The number of nitrogens with zero attached hydrogens (tertiary/aromatic N) is 1. The third-order valence-corrected chi connectivity index (χ3v) is 6.42. The summed E-state index contributed by atoms with van der Waals surface area (Å²) in [6.45, 7) is 0.287. The lowest BCUT2D eigenvalue weighted by Crippen LogP contribution is -2.52. The molecule has 1 aromatic carbocycles. The van der Waals surface area contributed by atoms with Crippen molar-refractivity contribution in [1.82, 2.24) is 15.5 Å². The number of rotatable bonds is 4. The molecule has 0 aromatic heterocycles. The highest BCUT2D eigenvalue weighted by molar-refractivity contribution is 6.05. The van der Waals surface area contributed by atoms with Gasteiger partial charge >= 0.3 is 0 Å². The largest absolute Gasteiger partial charge is 0.353 e. The van der Waals surface area contributed by atoms with Crippen molar-refractivity contribution in [3.8, 4) is 11.8 Å². The lowest BCUT2D eigenvalue weighted by atomic mass is 9.92. The number of hydrogen-bond acceptors (Lipinski definition) is 5. The fraction of sp³-hybridized carbons (Fsp3) is 0.500. The molecule has 1 saturated heterocycles. The van der Waals surface area contributed by atoms with Crippen LogP contribution in [-0.4, -0.2) is 46.7 Å². The zero-order valence-electron chi connectivity index (χ0n) is 18.0. The standard InChI is InChI=1S/C24H28N4O4/c25-16-8-10-17(11-9-16)26-21(29)7-2-1-4-15-5-3-6-18-19(15)14-28(24(18)32)20-12-13-22(30)27-23(20)31/h3,5-6,16-17,20H,2,7-14,25H2,(H,26,29)(H,27,30,31)/t16-,17-,20?. The molecule has 8 heteroatoms. The van der Waals surface area contributed by atoms with Crippen molar-refractivity contribution in [2.45, 2.75) is 76.0 Å². The molecule has 32 heavy (non-hydrogen) atoms. The van der Waals surface area contributed by atoms with Gasteiger partial charge < -0.3 is 16.0 Å². The molecular weight excluding hydrogens is 408 g/mol. The Hall–Kier alpha value is -3.18. The Morgan fingerprint density at radius 3 is 2.69 bits per heavy atom. The second-order valence-electron chi connectivity index (χ2n) is 8.71. The zero-order valence-corrected chi connectivity index (χ0v) is 18.0. The minimum atomic E-state index is -0.647. The molecule has 3 aliphatic rings. The molecule has 0 radical (unpaired) electrons. The van der Waals surface area contributed by atoms with Crippen molar-refractivity contribution >= 4 is 23.6 Å². The van der Waals surface area contributed by atoms with E-state index in [1.165, 1.54) is 4.90 Å². The summed E-state index contributed by atoms with van der Waals surface area (Å²) in [5.41, 5.74) is 7.96. The van der Waals surface area contributed by atoms with E-state index in [2.05, 4.69) is 22.5 Å². The van der Waals surface area contributed by atoms with Gasteiger partial charge in [-0.1, -0.05) is 17.9 Å². The maximum absolute atomic E-state index is 12.9. The summed E-state index contributed by atoms with van der Waals surface area (Å²) in [5, 5.41) is 5.37. The number of imide groups is 1. The van der Waals surface area contributed by atoms with Gasteiger partial charge in [0.25, 0.3) is 5.91 Å². The first-order chi connectivity index (χ1) is 15.4. The molecular formula is C24H28N4O4. The van der Waals surface area contributed by atoms with Gasteiger partial charge in [0.1, 0.15) is 6.04 Å². The first-order valence-electron chi connectivity index (χ1n) is 11.2. The van der Waals surface area contributed by atoms with Crippen molar-refractivity contribution in [3.05, 3.63) is 34.9 Å². The van der Waals surface area contributed by atoms with E-state index in [-0.39, 0.29) is 42.8 Å². The Morgan fingerprint density at radius 1 is 1.16 bits per heavy atom. The first kappa shape index (κ1) is 22.0. The summed E-state index contributed by atoms with van der Waals surface area (Å²) in [4.78, 5) is 50.2. The van der Waals surface area contributed by atoms with Crippen molar-refractivity contribution in [2.75, 3.05) is 0 Å². The van der Waals surface area contributed by atoms with E-state index in [4.69, 9.17) is 5.73 Å². The van der Waals surface area contributed by atoms with Crippen LogP contribution in [0.25, 0.3) is 0 Å². The number of piperidine rings is 1. The average molecular weight is 437 g/mol. The van der Waals surface area contributed by atoms with E-state index in [0.717, 1.165) is 36.8 Å². The summed E-state index contributed by atoms with van der Waals surface area (Å²) in [5.74, 6) is 5.18. The number of amides is 4. The quantitative estimate of drug-likeness (QED) is 0.480. The second-order valence-corrected chi connectivity index (χ2v) is 8.71. The van der Waals surface area contributed by atoms with Crippen LogP contribution in [0.3, 0.4) is 0 Å². The van der Waals surface area contributed by atoms with Gasteiger partial charge in [-0.2, -0.15) is 0 Å². The summed E-state index contributed by atoms with van der Waals surface area (Å²) < 4.78 is 0. The van der Waals surface area contributed by atoms with Crippen LogP contribution in [0.4, 0.5) is 0 Å². The van der Waals surface area contributed by atoms with E-state index in [1.54, 1.807) is 12.1 Å². The fourth-order valence-corrected chi connectivity index (χ4v) is 4.60. The van der Waals surface area contributed by atoms with Gasteiger partial charge in [-0.25, -0.2) is 0 Å². The predicted molar refractivity (Wildman–Crippen MR) is 117 cm³/mol. The van der Waals surface area contributed by atoms with Crippen LogP contribution < -0.4 is 16.4 Å². The molecule has 1 aromatic rings. The zero-order chi connectivity index (χ0) is 22.7. The Labute approximate surface area is 187 Å². The number of carbonyl (C=O) groups excluding carboxylic acids is 4. The normalized spacial score (nSPS) is 25.0. The van der Waals surface area contributed by atoms with Crippen LogP contribution in [0.1, 0.15) is 72.9 Å².